The summed E-state index contributed by atoms with van der Waals surface area (Å²) in [5, 5.41) is 19.5. The van der Waals surface area contributed by atoms with Gasteiger partial charge in [0.1, 0.15) is 0 Å². The SMILES string of the molecule is O=C(O)C[C@@]1(O)CCCC[C@H]1c1ccccc1. The lowest BCUT2D eigenvalue weighted by atomic mass is 9.70. The van der Waals surface area contributed by atoms with Crippen LogP contribution in [0.1, 0.15) is 43.6 Å². The molecule has 1 fully saturated rings. The van der Waals surface area contributed by atoms with Crippen molar-refractivity contribution in [1.29, 1.82) is 0 Å². The molecule has 0 radical (unpaired) electrons. The Bertz CT molecular complexity index is 388. The normalized spacial score (nSPS) is 28.9. The Morgan fingerprint density at radius 2 is 2.00 bits per heavy atom. The Labute approximate surface area is 101 Å². The lowest BCUT2D eigenvalue weighted by Gasteiger charge is -2.39. The molecule has 2 rings (SSSR count). The monoisotopic (exact) mass is 234 g/mol. The Hall–Kier alpha value is -1.35. The Morgan fingerprint density at radius 3 is 2.65 bits per heavy atom. The minimum atomic E-state index is -1.08. The fourth-order valence-corrected chi connectivity index (χ4v) is 2.86. The molecule has 2 N–H and O–H groups in total. The van der Waals surface area contributed by atoms with Crippen molar-refractivity contribution in [2.75, 3.05) is 0 Å². The fourth-order valence-electron chi connectivity index (χ4n) is 2.86. The number of carboxylic acids is 1. The van der Waals surface area contributed by atoms with Crippen LogP contribution >= 0.6 is 0 Å². The maximum Gasteiger partial charge on any atom is 0.306 e. The minimum Gasteiger partial charge on any atom is -0.481 e. The molecular formula is C14H18O3. The maximum atomic E-state index is 10.9. The first-order chi connectivity index (χ1) is 8.12. The van der Waals surface area contributed by atoms with Crippen LogP contribution < -0.4 is 0 Å². The zero-order valence-corrected chi connectivity index (χ0v) is 9.80. The molecule has 2 atom stereocenters. The molecule has 1 aliphatic carbocycles. The van der Waals surface area contributed by atoms with E-state index in [0.29, 0.717) is 6.42 Å². The molecule has 0 saturated heterocycles. The minimum absolute atomic E-state index is 0.0476. The van der Waals surface area contributed by atoms with Crippen LogP contribution in [0.15, 0.2) is 30.3 Å². The highest BCUT2D eigenvalue weighted by atomic mass is 16.4. The molecule has 1 saturated carbocycles. The highest BCUT2D eigenvalue weighted by Gasteiger charge is 2.41. The average Bonchev–Trinajstić information content (AvgIpc) is 2.29. The fraction of sp³-hybridized carbons (Fsp3) is 0.500. The van der Waals surface area contributed by atoms with Crippen LogP contribution in [0.3, 0.4) is 0 Å². The van der Waals surface area contributed by atoms with Gasteiger partial charge in [0, 0.05) is 5.92 Å². The van der Waals surface area contributed by atoms with E-state index in [1.165, 1.54) is 0 Å². The van der Waals surface area contributed by atoms with Gasteiger partial charge >= 0.3 is 5.97 Å². The summed E-state index contributed by atoms with van der Waals surface area (Å²) in [6.07, 6.45) is 3.26. The summed E-state index contributed by atoms with van der Waals surface area (Å²) < 4.78 is 0. The molecular weight excluding hydrogens is 216 g/mol. The zero-order valence-electron chi connectivity index (χ0n) is 9.80. The molecule has 17 heavy (non-hydrogen) atoms. The molecule has 0 aromatic heterocycles. The van der Waals surface area contributed by atoms with Gasteiger partial charge in [-0.1, -0.05) is 43.2 Å². The molecule has 92 valence electrons. The average molecular weight is 234 g/mol. The summed E-state index contributed by atoms with van der Waals surface area (Å²) in [7, 11) is 0. The van der Waals surface area contributed by atoms with Crippen molar-refractivity contribution in [3.63, 3.8) is 0 Å². The topological polar surface area (TPSA) is 57.5 Å². The molecule has 0 amide bonds. The van der Waals surface area contributed by atoms with Gasteiger partial charge in [-0.2, -0.15) is 0 Å². The second-order valence-corrected chi connectivity index (χ2v) is 4.88. The molecule has 1 aromatic carbocycles. The van der Waals surface area contributed by atoms with Crippen molar-refractivity contribution in [1.82, 2.24) is 0 Å². The van der Waals surface area contributed by atoms with Crippen LogP contribution in [0.4, 0.5) is 0 Å². The number of aliphatic hydroxyl groups is 1. The van der Waals surface area contributed by atoms with Gasteiger partial charge in [-0.05, 0) is 18.4 Å². The van der Waals surface area contributed by atoms with Gasteiger partial charge in [-0.25, -0.2) is 0 Å². The molecule has 1 aromatic rings. The first-order valence-electron chi connectivity index (χ1n) is 6.11. The van der Waals surface area contributed by atoms with E-state index in [0.717, 1.165) is 24.8 Å². The molecule has 1 aliphatic rings. The predicted molar refractivity (Wildman–Crippen MR) is 64.9 cm³/mol. The van der Waals surface area contributed by atoms with E-state index in [1.54, 1.807) is 0 Å². The van der Waals surface area contributed by atoms with Gasteiger partial charge in [0.25, 0.3) is 0 Å². The lowest BCUT2D eigenvalue weighted by molar-refractivity contribution is -0.145. The molecule has 0 bridgehead atoms. The van der Waals surface area contributed by atoms with Crippen LogP contribution in [0.25, 0.3) is 0 Å². The molecule has 3 heteroatoms. The second-order valence-electron chi connectivity index (χ2n) is 4.88. The van der Waals surface area contributed by atoms with Crippen molar-refractivity contribution in [2.45, 2.75) is 43.6 Å². The van der Waals surface area contributed by atoms with Crippen LogP contribution in [-0.4, -0.2) is 21.8 Å². The van der Waals surface area contributed by atoms with Gasteiger partial charge in [-0.15, -0.1) is 0 Å². The molecule has 0 spiro atoms. The van der Waals surface area contributed by atoms with E-state index in [1.807, 2.05) is 30.3 Å². The largest absolute Gasteiger partial charge is 0.481 e. The van der Waals surface area contributed by atoms with Crippen LogP contribution in [-0.2, 0) is 4.79 Å². The number of hydrogen-bond donors (Lipinski definition) is 2. The first kappa shape index (κ1) is 12.1. The second kappa shape index (κ2) is 4.88. The third-order valence-corrected chi connectivity index (χ3v) is 3.66. The third kappa shape index (κ3) is 2.67. The van der Waals surface area contributed by atoms with Crippen molar-refractivity contribution < 1.29 is 15.0 Å². The van der Waals surface area contributed by atoms with Crippen molar-refractivity contribution >= 4 is 5.97 Å². The smallest absolute Gasteiger partial charge is 0.306 e. The molecule has 0 unspecified atom stereocenters. The van der Waals surface area contributed by atoms with Gasteiger partial charge in [-0.3, -0.25) is 4.79 Å². The maximum absolute atomic E-state index is 10.9. The van der Waals surface area contributed by atoms with Crippen molar-refractivity contribution in [3.8, 4) is 0 Å². The van der Waals surface area contributed by atoms with Crippen LogP contribution in [0.5, 0.6) is 0 Å². The summed E-state index contributed by atoms with van der Waals surface area (Å²) in [4.78, 5) is 10.9. The standard InChI is InChI=1S/C14H18O3/c15-13(16)10-14(17)9-5-4-8-12(14)11-6-2-1-3-7-11/h1-3,6-7,12,17H,4-5,8-10H2,(H,15,16)/t12-,14-/m0/s1. The summed E-state index contributed by atoms with van der Waals surface area (Å²) in [6.45, 7) is 0. The van der Waals surface area contributed by atoms with E-state index >= 15 is 0 Å². The van der Waals surface area contributed by atoms with Gasteiger partial charge < -0.3 is 10.2 Å². The molecule has 0 aliphatic heterocycles. The predicted octanol–water partition coefficient (Wildman–Crippen LogP) is 2.55. The van der Waals surface area contributed by atoms with Gasteiger partial charge in [0.15, 0.2) is 0 Å². The zero-order chi connectivity index (χ0) is 12.3. The number of carbonyl (C=O) groups is 1. The number of hydrogen-bond acceptors (Lipinski definition) is 2. The Morgan fingerprint density at radius 1 is 1.29 bits per heavy atom. The highest BCUT2D eigenvalue weighted by molar-refractivity contribution is 5.68. The van der Waals surface area contributed by atoms with E-state index in [2.05, 4.69) is 0 Å². The van der Waals surface area contributed by atoms with E-state index in [4.69, 9.17) is 5.11 Å². The van der Waals surface area contributed by atoms with Crippen molar-refractivity contribution in [3.05, 3.63) is 35.9 Å². The van der Waals surface area contributed by atoms with E-state index in [9.17, 15) is 9.90 Å². The van der Waals surface area contributed by atoms with Gasteiger partial charge in [0.2, 0.25) is 0 Å². The quantitative estimate of drug-likeness (QED) is 0.845. The summed E-state index contributed by atoms with van der Waals surface area (Å²) >= 11 is 0. The van der Waals surface area contributed by atoms with Crippen LogP contribution in [0.2, 0.25) is 0 Å². The van der Waals surface area contributed by atoms with Gasteiger partial charge in [0.05, 0.1) is 12.0 Å². The summed E-state index contributed by atoms with van der Waals surface area (Å²) in [6, 6.07) is 9.75. The molecule has 3 nitrogen and oxygen atoms in total. The third-order valence-electron chi connectivity index (χ3n) is 3.66. The van der Waals surface area contributed by atoms with E-state index in [-0.39, 0.29) is 12.3 Å². The van der Waals surface area contributed by atoms with E-state index < -0.39 is 11.6 Å². The number of benzene rings is 1. The Balaban J connectivity index is 2.26. The summed E-state index contributed by atoms with van der Waals surface area (Å²) in [5.74, 6) is -0.969. The summed E-state index contributed by atoms with van der Waals surface area (Å²) in [5.41, 5.74) is -0.0261. The van der Waals surface area contributed by atoms with Crippen molar-refractivity contribution in [2.24, 2.45) is 0 Å². The van der Waals surface area contributed by atoms with Crippen LogP contribution in [0, 0.1) is 0 Å². The number of rotatable bonds is 3. The first-order valence-corrected chi connectivity index (χ1v) is 6.11. The number of carboxylic acid groups (broad SMARTS) is 1. The number of aliphatic carboxylic acids is 1. The molecule has 0 heterocycles. The highest BCUT2D eigenvalue weighted by Crippen LogP contribution is 2.42. The Kier molecular flexibility index (Phi) is 3.48. The lowest BCUT2D eigenvalue weighted by Crippen LogP contribution is -2.41.